The number of carbonyl (C=O) groups is 2. The molecule has 0 radical (unpaired) electrons. The van der Waals surface area contributed by atoms with Gasteiger partial charge in [0.05, 0.1) is 6.54 Å². The zero-order valence-corrected chi connectivity index (χ0v) is 16.1. The highest BCUT2D eigenvalue weighted by molar-refractivity contribution is 5.74. The lowest BCUT2D eigenvalue weighted by Crippen LogP contribution is -2.57. The Labute approximate surface area is 161 Å². The van der Waals surface area contributed by atoms with Crippen molar-refractivity contribution in [2.24, 2.45) is 5.92 Å². The molecule has 1 saturated carbocycles. The predicted molar refractivity (Wildman–Crippen MR) is 105 cm³/mol. The molecule has 1 aliphatic carbocycles. The molecular weight excluding hydrogens is 342 g/mol. The van der Waals surface area contributed by atoms with Crippen LogP contribution in [0.2, 0.25) is 0 Å². The molecule has 1 aromatic rings. The Morgan fingerprint density at radius 2 is 1.85 bits per heavy atom. The molecule has 2 amide bonds. The molecule has 0 spiro atoms. The molecule has 3 rings (SSSR count). The van der Waals surface area contributed by atoms with Gasteiger partial charge in [0.15, 0.2) is 0 Å². The average Bonchev–Trinajstić information content (AvgIpc) is 2.64. The van der Waals surface area contributed by atoms with Crippen LogP contribution >= 0.6 is 0 Å². The second kappa shape index (κ2) is 9.22. The molecule has 1 saturated heterocycles. The number of nitrogens with one attached hydrogen (secondary N) is 1. The van der Waals surface area contributed by atoms with Gasteiger partial charge >= 0.3 is 12.0 Å². The summed E-state index contributed by atoms with van der Waals surface area (Å²) in [4.78, 5) is 27.3. The van der Waals surface area contributed by atoms with Gasteiger partial charge in [-0.15, -0.1) is 0 Å². The molecular formula is C21H31N3O3. The first-order valence-electron chi connectivity index (χ1n) is 10.1. The van der Waals surface area contributed by atoms with Gasteiger partial charge in [0, 0.05) is 25.2 Å². The number of hydrogen-bond donors (Lipinski definition) is 2. The maximum atomic E-state index is 12.5. The zero-order valence-electron chi connectivity index (χ0n) is 16.1. The SMILES string of the molecule is CCN(CC(=O)O)C1CC(NC(=O)N2CCC(Cc3ccccc3)CC2)C1. The van der Waals surface area contributed by atoms with Crippen molar-refractivity contribution in [2.75, 3.05) is 26.2 Å². The van der Waals surface area contributed by atoms with E-state index >= 15 is 0 Å². The summed E-state index contributed by atoms with van der Waals surface area (Å²) in [5.74, 6) is -0.138. The number of carbonyl (C=O) groups excluding carboxylic acids is 1. The summed E-state index contributed by atoms with van der Waals surface area (Å²) < 4.78 is 0. The molecule has 2 N–H and O–H groups in total. The molecule has 0 bridgehead atoms. The Hall–Kier alpha value is -2.08. The van der Waals surface area contributed by atoms with Gasteiger partial charge < -0.3 is 15.3 Å². The summed E-state index contributed by atoms with van der Waals surface area (Å²) in [6, 6.07) is 11.0. The Bertz CT molecular complexity index is 623. The van der Waals surface area contributed by atoms with Crippen LogP contribution in [-0.2, 0) is 11.2 Å². The van der Waals surface area contributed by atoms with E-state index in [2.05, 4.69) is 29.6 Å². The first-order chi connectivity index (χ1) is 13.0. The van der Waals surface area contributed by atoms with Crippen molar-refractivity contribution in [3.8, 4) is 0 Å². The Kier molecular flexibility index (Phi) is 6.72. The van der Waals surface area contributed by atoms with Crippen LogP contribution in [0, 0.1) is 5.92 Å². The number of carboxylic acid groups (broad SMARTS) is 1. The fourth-order valence-corrected chi connectivity index (χ4v) is 4.23. The number of piperidine rings is 1. The van der Waals surface area contributed by atoms with Crippen LogP contribution in [0.1, 0.15) is 38.2 Å². The van der Waals surface area contributed by atoms with Gasteiger partial charge in [-0.05, 0) is 50.1 Å². The summed E-state index contributed by atoms with van der Waals surface area (Å²) in [5, 5.41) is 12.1. The third kappa shape index (κ3) is 5.45. The maximum absolute atomic E-state index is 12.5. The molecule has 6 nitrogen and oxygen atoms in total. The second-order valence-electron chi connectivity index (χ2n) is 7.85. The van der Waals surface area contributed by atoms with Gasteiger partial charge in [-0.25, -0.2) is 4.79 Å². The largest absolute Gasteiger partial charge is 0.480 e. The van der Waals surface area contributed by atoms with E-state index in [1.165, 1.54) is 5.56 Å². The summed E-state index contributed by atoms with van der Waals surface area (Å²) >= 11 is 0. The molecule has 1 aliphatic heterocycles. The smallest absolute Gasteiger partial charge is 0.317 e. The summed E-state index contributed by atoms with van der Waals surface area (Å²) in [6.45, 7) is 4.43. The van der Waals surface area contributed by atoms with Crippen molar-refractivity contribution in [2.45, 2.75) is 51.1 Å². The number of nitrogens with zero attached hydrogens (tertiary/aromatic N) is 2. The van der Waals surface area contributed by atoms with Crippen molar-refractivity contribution >= 4 is 12.0 Å². The van der Waals surface area contributed by atoms with Gasteiger partial charge in [0.25, 0.3) is 0 Å². The number of likely N-dealkylation sites (tertiary alicyclic amines) is 1. The normalized spacial score (nSPS) is 23.1. The highest BCUT2D eigenvalue weighted by atomic mass is 16.4. The van der Waals surface area contributed by atoms with Crippen LogP contribution in [0.25, 0.3) is 0 Å². The van der Waals surface area contributed by atoms with E-state index in [4.69, 9.17) is 5.11 Å². The first kappa shape index (κ1) is 19.7. The van der Waals surface area contributed by atoms with Crippen molar-refractivity contribution in [3.05, 3.63) is 35.9 Å². The summed E-state index contributed by atoms with van der Waals surface area (Å²) in [7, 11) is 0. The van der Waals surface area contributed by atoms with Gasteiger partial charge in [0.1, 0.15) is 0 Å². The van der Waals surface area contributed by atoms with Crippen LogP contribution in [0.3, 0.4) is 0 Å². The van der Waals surface area contributed by atoms with Crippen molar-refractivity contribution in [3.63, 3.8) is 0 Å². The van der Waals surface area contributed by atoms with Crippen LogP contribution in [0.4, 0.5) is 4.79 Å². The topological polar surface area (TPSA) is 72.9 Å². The number of amides is 2. The van der Waals surface area contributed by atoms with Crippen molar-refractivity contribution in [1.29, 1.82) is 0 Å². The lowest BCUT2D eigenvalue weighted by Gasteiger charge is -2.43. The van der Waals surface area contributed by atoms with Crippen molar-refractivity contribution in [1.82, 2.24) is 15.1 Å². The third-order valence-electron chi connectivity index (χ3n) is 5.97. The number of carboxylic acids is 1. The van der Waals surface area contributed by atoms with Crippen LogP contribution in [-0.4, -0.2) is 65.2 Å². The number of aliphatic carboxylic acids is 1. The average molecular weight is 373 g/mol. The fourth-order valence-electron chi connectivity index (χ4n) is 4.23. The molecule has 0 unspecified atom stereocenters. The zero-order chi connectivity index (χ0) is 19.2. The van der Waals surface area contributed by atoms with Gasteiger partial charge in [-0.3, -0.25) is 9.69 Å². The highest BCUT2D eigenvalue weighted by Gasteiger charge is 2.35. The van der Waals surface area contributed by atoms with Crippen LogP contribution in [0.15, 0.2) is 30.3 Å². The summed E-state index contributed by atoms with van der Waals surface area (Å²) in [6.07, 6.45) is 4.89. The predicted octanol–water partition coefficient (Wildman–Crippen LogP) is 2.59. The molecule has 1 heterocycles. The Morgan fingerprint density at radius 1 is 1.19 bits per heavy atom. The van der Waals surface area contributed by atoms with E-state index in [0.717, 1.165) is 51.7 Å². The van der Waals surface area contributed by atoms with E-state index in [-0.39, 0.29) is 24.7 Å². The minimum absolute atomic E-state index is 0.0397. The molecule has 6 heteroatoms. The van der Waals surface area contributed by atoms with E-state index < -0.39 is 5.97 Å². The number of rotatable bonds is 7. The number of hydrogen-bond acceptors (Lipinski definition) is 3. The monoisotopic (exact) mass is 373 g/mol. The van der Waals surface area contributed by atoms with E-state index in [1.807, 2.05) is 22.8 Å². The van der Waals surface area contributed by atoms with Crippen molar-refractivity contribution < 1.29 is 14.7 Å². The Morgan fingerprint density at radius 3 is 2.44 bits per heavy atom. The van der Waals surface area contributed by atoms with Crippen LogP contribution < -0.4 is 5.32 Å². The first-order valence-corrected chi connectivity index (χ1v) is 10.1. The Balaban J connectivity index is 1.36. The molecule has 0 aromatic heterocycles. The fraction of sp³-hybridized carbons (Fsp3) is 0.619. The van der Waals surface area contributed by atoms with E-state index in [1.54, 1.807) is 0 Å². The number of benzene rings is 1. The summed E-state index contributed by atoms with van der Waals surface area (Å²) in [5.41, 5.74) is 1.38. The molecule has 148 valence electrons. The maximum Gasteiger partial charge on any atom is 0.317 e. The molecule has 2 aliphatic rings. The minimum atomic E-state index is -0.789. The number of likely N-dealkylation sites (N-methyl/N-ethyl adjacent to an activating group) is 1. The quantitative estimate of drug-likeness (QED) is 0.771. The minimum Gasteiger partial charge on any atom is -0.480 e. The third-order valence-corrected chi connectivity index (χ3v) is 5.97. The second-order valence-corrected chi connectivity index (χ2v) is 7.85. The van der Waals surface area contributed by atoms with Crippen LogP contribution in [0.5, 0.6) is 0 Å². The lowest BCUT2D eigenvalue weighted by molar-refractivity contribution is -0.139. The number of urea groups is 1. The van der Waals surface area contributed by atoms with E-state index in [9.17, 15) is 9.59 Å². The van der Waals surface area contributed by atoms with Gasteiger partial charge in [-0.1, -0.05) is 37.3 Å². The lowest BCUT2D eigenvalue weighted by atomic mass is 9.85. The van der Waals surface area contributed by atoms with E-state index in [0.29, 0.717) is 5.92 Å². The molecule has 0 atom stereocenters. The standard InChI is InChI=1S/C21H31N3O3/c1-2-23(15-20(25)26)19-13-18(14-19)22-21(27)24-10-8-17(9-11-24)12-16-6-4-3-5-7-16/h3-7,17-19H,2,8-15H2,1H3,(H,22,27)(H,25,26). The van der Waals surface area contributed by atoms with Gasteiger partial charge in [-0.2, -0.15) is 0 Å². The molecule has 2 fully saturated rings. The van der Waals surface area contributed by atoms with Gasteiger partial charge in [0.2, 0.25) is 0 Å². The molecule has 27 heavy (non-hydrogen) atoms. The highest BCUT2D eigenvalue weighted by Crippen LogP contribution is 2.26. The molecule has 1 aromatic carbocycles.